The lowest BCUT2D eigenvalue weighted by Crippen LogP contribution is -2.31. The van der Waals surface area contributed by atoms with E-state index in [-0.39, 0.29) is 0 Å². The Labute approximate surface area is 133 Å². The zero-order valence-corrected chi connectivity index (χ0v) is 13.7. The minimum absolute atomic E-state index is 0.820. The normalized spacial score (nSPS) is 15.0. The number of rotatable bonds is 3. The highest BCUT2D eigenvalue weighted by Crippen LogP contribution is 2.33. The summed E-state index contributed by atoms with van der Waals surface area (Å²) in [6, 6.07) is 10.2. The first-order valence-electron chi connectivity index (χ1n) is 7.35. The van der Waals surface area contributed by atoms with Gasteiger partial charge in [0, 0.05) is 25.7 Å². The number of anilines is 2. The first kappa shape index (κ1) is 14.3. The van der Waals surface area contributed by atoms with E-state index in [1.165, 1.54) is 19.3 Å². The van der Waals surface area contributed by atoms with Crippen LogP contribution < -0.4 is 10.2 Å². The number of hydrogen-bond acceptors (Lipinski definition) is 4. The van der Waals surface area contributed by atoms with Gasteiger partial charge in [0.05, 0.1) is 10.2 Å². The maximum Gasteiger partial charge on any atom is 0.227 e. The van der Waals surface area contributed by atoms with Crippen molar-refractivity contribution in [2.24, 2.45) is 0 Å². The average Bonchev–Trinajstić information content (AvgIpc) is 2.56. The first-order valence-corrected chi connectivity index (χ1v) is 8.14. The van der Waals surface area contributed by atoms with Gasteiger partial charge in [0.1, 0.15) is 5.82 Å². The van der Waals surface area contributed by atoms with Gasteiger partial charge < -0.3 is 10.2 Å². The van der Waals surface area contributed by atoms with Gasteiger partial charge in [0.15, 0.2) is 0 Å². The van der Waals surface area contributed by atoms with Gasteiger partial charge in [-0.15, -0.1) is 0 Å². The second-order valence-electron chi connectivity index (χ2n) is 5.20. The Morgan fingerprint density at radius 1 is 1.05 bits per heavy atom. The van der Waals surface area contributed by atoms with Crippen molar-refractivity contribution in [2.45, 2.75) is 19.3 Å². The van der Waals surface area contributed by atoms with Gasteiger partial charge in [0.2, 0.25) is 5.95 Å². The van der Waals surface area contributed by atoms with Crippen molar-refractivity contribution in [1.29, 1.82) is 0 Å². The molecule has 0 bridgehead atoms. The van der Waals surface area contributed by atoms with Crippen LogP contribution in [0.15, 0.2) is 34.8 Å². The van der Waals surface area contributed by atoms with Crippen molar-refractivity contribution in [2.75, 3.05) is 30.4 Å². The molecule has 3 rings (SSSR count). The van der Waals surface area contributed by atoms with E-state index in [4.69, 9.17) is 4.98 Å². The third-order valence-corrected chi connectivity index (χ3v) is 4.51. The molecule has 1 saturated heterocycles. The van der Waals surface area contributed by atoms with Gasteiger partial charge in [-0.25, -0.2) is 4.98 Å². The second kappa shape index (κ2) is 6.43. The summed E-state index contributed by atoms with van der Waals surface area (Å²) in [6.07, 6.45) is 3.74. The molecule has 0 aliphatic carbocycles. The Balaban J connectivity index is 2.06. The molecule has 2 aromatic rings. The van der Waals surface area contributed by atoms with Crippen molar-refractivity contribution in [3.63, 3.8) is 0 Å². The molecule has 1 N–H and O–H groups in total. The maximum atomic E-state index is 4.80. The third kappa shape index (κ3) is 3.02. The molecule has 1 fully saturated rings. The highest BCUT2D eigenvalue weighted by atomic mass is 79.9. The molecule has 4 nitrogen and oxygen atoms in total. The predicted molar refractivity (Wildman–Crippen MR) is 90.8 cm³/mol. The molecular formula is C16H19BrN4. The average molecular weight is 347 g/mol. The minimum Gasteiger partial charge on any atom is -0.372 e. The van der Waals surface area contributed by atoms with E-state index in [2.05, 4.69) is 43.3 Å². The Hall–Kier alpha value is -1.62. The maximum absolute atomic E-state index is 4.80. The van der Waals surface area contributed by atoms with Gasteiger partial charge in [-0.05, 0) is 35.2 Å². The number of halogens is 1. The van der Waals surface area contributed by atoms with Crippen LogP contribution >= 0.6 is 15.9 Å². The molecule has 1 aromatic carbocycles. The molecular weight excluding hydrogens is 328 g/mol. The summed E-state index contributed by atoms with van der Waals surface area (Å²) in [5, 5.41) is 3.16. The number of aromatic nitrogens is 2. The molecule has 0 spiro atoms. The molecule has 2 heterocycles. The monoisotopic (exact) mass is 346 g/mol. The van der Waals surface area contributed by atoms with E-state index in [0.717, 1.165) is 40.6 Å². The quantitative estimate of drug-likeness (QED) is 0.913. The van der Waals surface area contributed by atoms with Crippen molar-refractivity contribution < 1.29 is 0 Å². The smallest absolute Gasteiger partial charge is 0.227 e. The summed E-state index contributed by atoms with van der Waals surface area (Å²) in [5.74, 6) is 1.66. The number of nitrogens with zero attached hydrogens (tertiary/aromatic N) is 3. The molecule has 0 saturated carbocycles. The lowest BCUT2D eigenvalue weighted by atomic mass is 10.1. The minimum atomic E-state index is 0.820. The van der Waals surface area contributed by atoms with Gasteiger partial charge in [-0.3, -0.25) is 0 Å². The van der Waals surface area contributed by atoms with E-state index in [9.17, 15) is 0 Å². The Morgan fingerprint density at radius 2 is 1.76 bits per heavy atom. The van der Waals surface area contributed by atoms with Crippen LogP contribution in [0.4, 0.5) is 11.8 Å². The van der Waals surface area contributed by atoms with Crippen LogP contribution in [0.1, 0.15) is 19.3 Å². The Bertz CT molecular complexity index is 609. The fraction of sp³-hybridized carbons (Fsp3) is 0.375. The van der Waals surface area contributed by atoms with E-state index in [1.807, 2.05) is 25.2 Å². The van der Waals surface area contributed by atoms with Crippen LogP contribution in [-0.2, 0) is 0 Å². The topological polar surface area (TPSA) is 41.1 Å². The largest absolute Gasteiger partial charge is 0.372 e. The zero-order valence-electron chi connectivity index (χ0n) is 12.1. The molecule has 1 aliphatic rings. The van der Waals surface area contributed by atoms with Crippen molar-refractivity contribution in [1.82, 2.24) is 9.97 Å². The van der Waals surface area contributed by atoms with Gasteiger partial charge in [-0.1, -0.05) is 30.3 Å². The van der Waals surface area contributed by atoms with Crippen LogP contribution in [0.2, 0.25) is 0 Å². The van der Waals surface area contributed by atoms with E-state index in [1.54, 1.807) is 0 Å². The van der Waals surface area contributed by atoms with Crippen LogP contribution in [0.25, 0.3) is 11.3 Å². The fourth-order valence-corrected chi connectivity index (χ4v) is 3.23. The number of hydrogen-bond donors (Lipinski definition) is 1. The number of piperidine rings is 1. The molecule has 0 atom stereocenters. The fourth-order valence-electron chi connectivity index (χ4n) is 2.62. The predicted octanol–water partition coefficient (Wildman–Crippen LogP) is 3.94. The number of benzene rings is 1. The summed E-state index contributed by atoms with van der Waals surface area (Å²) in [6.45, 7) is 2.08. The molecule has 0 unspecified atom stereocenters. The number of nitrogens with one attached hydrogen (secondary N) is 1. The van der Waals surface area contributed by atoms with Crippen molar-refractivity contribution in [3.05, 3.63) is 34.8 Å². The third-order valence-electron chi connectivity index (χ3n) is 3.76. The summed E-state index contributed by atoms with van der Waals surface area (Å²) in [5.41, 5.74) is 2.04. The highest BCUT2D eigenvalue weighted by molar-refractivity contribution is 9.10. The van der Waals surface area contributed by atoms with Crippen LogP contribution in [-0.4, -0.2) is 30.1 Å². The summed E-state index contributed by atoms with van der Waals surface area (Å²) >= 11 is 3.63. The Kier molecular flexibility index (Phi) is 4.39. The standard InChI is InChI=1S/C16H19BrN4/c1-18-15-13(17)14(12-8-4-2-5-9-12)19-16(20-15)21-10-6-3-7-11-21/h2,4-5,8-9H,3,6-7,10-11H2,1H3,(H,18,19,20). The zero-order chi connectivity index (χ0) is 14.7. The SMILES string of the molecule is CNc1nc(N2CCCCC2)nc(-c2ccccc2)c1Br. The van der Waals surface area contributed by atoms with E-state index in [0.29, 0.717) is 0 Å². The van der Waals surface area contributed by atoms with Crippen LogP contribution in [0.3, 0.4) is 0 Å². The molecule has 0 radical (unpaired) electrons. The molecule has 110 valence electrons. The van der Waals surface area contributed by atoms with E-state index >= 15 is 0 Å². The van der Waals surface area contributed by atoms with Crippen molar-refractivity contribution >= 4 is 27.7 Å². The highest BCUT2D eigenvalue weighted by Gasteiger charge is 2.18. The van der Waals surface area contributed by atoms with Gasteiger partial charge in [-0.2, -0.15) is 4.98 Å². The molecule has 0 amide bonds. The van der Waals surface area contributed by atoms with Crippen molar-refractivity contribution in [3.8, 4) is 11.3 Å². The van der Waals surface area contributed by atoms with E-state index < -0.39 is 0 Å². The van der Waals surface area contributed by atoms with Gasteiger partial charge in [0.25, 0.3) is 0 Å². The molecule has 21 heavy (non-hydrogen) atoms. The van der Waals surface area contributed by atoms with Crippen LogP contribution in [0, 0.1) is 0 Å². The lowest BCUT2D eigenvalue weighted by molar-refractivity contribution is 0.568. The second-order valence-corrected chi connectivity index (χ2v) is 5.99. The molecule has 1 aromatic heterocycles. The summed E-state index contributed by atoms with van der Waals surface area (Å²) in [7, 11) is 1.89. The lowest BCUT2D eigenvalue weighted by Gasteiger charge is -2.27. The summed E-state index contributed by atoms with van der Waals surface area (Å²) < 4.78 is 0.914. The molecule has 5 heteroatoms. The van der Waals surface area contributed by atoms with Gasteiger partial charge >= 0.3 is 0 Å². The Morgan fingerprint density at radius 3 is 2.43 bits per heavy atom. The molecule has 1 aliphatic heterocycles. The summed E-state index contributed by atoms with van der Waals surface area (Å²) in [4.78, 5) is 11.7. The first-order chi connectivity index (χ1) is 10.3. The van der Waals surface area contributed by atoms with Crippen LogP contribution in [0.5, 0.6) is 0 Å².